The van der Waals surface area contributed by atoms with Crippen molar-refractivity contribution in [2.45, 2.75) is 37.6 Å². The number of aromatic amines is 1. The minimum atomic E-state index is -0.0657. The average Bonchev–Trinajstić information content (AvgIpc) is 3.06. The molecule has 1 amide bonds. The zero-order valence-corrected chi connectivity index (χ0v) is 15.1. The molecule has 26 heavy (non-hydrogen) atoms. The number of rotatable bonds is 3. The number of hydrogen-bond acceptors (Lipinski definition) is 2. The molecule has 4 rings (SSSR count). The van der Waals surface area contributed by atoms with Crippen LogP contribution < -0.4 is 11.1 Å². The molecule has 1 fully saturated rings. The molecule has 4 nitrogen and oxygen atoms in total. The fourth-order valence-corrected chi connectivity index (χ4v) is 4.25. The Kier molecular flexibility index (Phi) is 4.51. The van der Waals surface area contributed by atoms with E-state index in [9.17, 15) is 4.79 Å². The van der Waals surface area contributed by atoms with Crippen molar-refractivity contribution in [3.8, 4) is 11.3 Å². The standard InChI is InChI=1S/C22H25N3O/c1-24-22(26)16-10-11-18-19(13-16)25-21(14-6-3-2-4-7-14)20(18)15-8-5-9-17(23)12-15/h2-4,6-7,10-11,13,15,17,25H,5,8-9,12,23H2,1H3,(H,24,26). The number of carbonyl (C=O) groups excluding carboxylic acids is 1. The van der Waals surface area contributed by atoms with E-state index in [0.29, 0.717) is 11.5 Å². The molecule has 0 bridgehead atoms. The summed E-state index contributed by atoms with van der Waals surface area (Å²) in [4.78, 5) is 15.6. The zero-order valence-electron chi connectivity index (χ0n) is 15.1. The second kappa shape index (κ2) is 6.96. The first kappa shape index (κ1) is 16.9. The molecular formula is C22H25N3O. The summed E-state index contributed by atoms with van der Waals surface area (Å²) in [5.74, 6) is 0.387. The third kappa shape index (κ3) is 3.01. The van der Waals surface area contributed by atoms with Gasteiger partial charge >= 0.3 is 0 Å². The number of amides is 1. The smallest absolute Gasteiger partial charge is 0.251 e. The molecule has 134 valence electrons. The Morgan fingerprint density at radius 3 is 2.69 bits per heavy atom. The van der Waals surface area contributed by atoms with Gasteiger partial charge in [-0.15, -0.1) is 0 Å². The molecule has 3 aromatic rings. The molecule has 4 heteroatoms. The van der Waals surface area contributed by atoms with Gasteiger partial charge in [0.25, 0.3) is 5.91 Å². The summed E-state index contributed by atoms with van der Waals surface area (Å²) in [6, 6.07) is 16.6. The lowest BCUT2D eigenvalue weighted by Gasteiger charge is -2.27. The molecule has 0 spiro atoms. The fourth-order valence-electron chi connectivity index (χ4n) is 4.25. The van der Waals surface area contributed by atoms with Crippen molar-refractivity contribution in [1.29, 1.82) is 0 Å². The van der Waals surface area contributed by atoms with Gasteiger partial charge < -0.3 is 16.0 Å². The molecule has 2 atom stereocenters. The van der Waals surface area contributed by atoms with E-state index in [2.05, 4.69) is 40.6 Å². The third-order valence-corrected chi connectivity index (χ3v) is 5.51. The lowest BCUT2D eigenvalue weighted by Crippen LogP contribution is -2.27. The van der Waals surface area contributed by atoms with E-state index in [1.807, 2.05) is 18.2 Å². The summed E-state index contributed by atoms with van der Waals surface area (Å²) in [5, 5.41) is 3.90. The molecule has 4 N–H and O–H groups in total. The quantitative estimate of drug-likeness (QED) is 0.665. The van der Waals surface area contributed by atoms with Crippen molar-refractivity contribution in [3.05, 3.63) is 59.7 Å². The Labute approximate surface area is 153 Å². The summed E-state index contributed by atoms with van der Waals surface area (Å²) in [6.07, 6.45) is 4.46. The number of aromatic nitrogens is 1. The van der Waals surface area contributed by atoms with E-state index in [0.717, 1.165) is 30.5 Å². The van der Waals surface area contributed by atoms with Crippen molar-refractivity contribution in [2.75, 3.05) is 7.05 Å². The first-order valence-electron chi connectivity index (χ1n) is 9.36. The molecule has 1 aliphatic rings. The van der Waals surface area contributed by atoms with Crippen LogP contribution in [-0.2, 0) is 0 Å². The summed E-state index contributed by atoms with van der Waals surface area (Å²) in [6.45, 7) is 0. The van der Waals surface area contributed by atoms with Gasteiger partial charge in [0.05, 0.1) is 0 Å². The summed E-state index contributed by atoms with van der Waals surface area (Å²) >= 11 is 0. The predicted molar refractivity (Wildman–Crippen MR) is 106 cm³/mol. The summed E-state index contributed by atoms with van der Waals surface area (Å²) in [5.41, 5.74) is 11.7. The van der Waals surface area contributed by atoms with Crippen molar-refractivity contribution in [3.63, 3.8) is 0 Å². The molecule has 2 aromatic carbocycles. The highest BCUT2D eigenvalue weighted by Crippen LogP contribution is 2.42. The molecule has 1 heterocycles. The maximum Gasteiger partial charge on any atom is 0.251 e. The zero-order chi connectivity index (χ0) is 18.1. The fraction of sp³-hybridized carbons (Fsp3) is 0.318. The second-order valence-corrected chi connectivity index (χ2v) is 7.24. The van der Waals surface area contributed by atoms with Gasteiger partial charge in [-0.1, -0.05) is 42.8 Å². The minimum Gasteiger partial charge on any atom is -0.355 e. The van der Waals surface area contributed by atoms with Crippen LogP contribution in [0.15, 0.2) is 48.5 Å². The van der Waals surface area contributed by atoms with Crippen LogP contribution in [0.25, 0.3) is 22.2 Å². The minimum absolute atomic E-state index is 0.0657. The topological polar surface area (TPSA) is 70.9 Å². The van der Waals surface area contributed by atoms with Gasteiger partial charge in [-0.05, 0) is 48.4 Å². The normalized spacial score (nSPS) is 20.2. The highest BCUT2D eigenvalue weighted by molar-refractivity contribution is 6.00. The number of benzene rings is 2. The van der Waals surface area contributed by atoms with E-state index in [1.54, 1.807) is 7.05 Å². The van der Waals surface area contributed by atoms with Crippen molar-refractivity contribution >= 4 is 16.8 Å². The summed E-state index contributed by atoms with van der Waals surface area (Å²) < 4.78 is 0. The number of fused-ring (bicyclic) bond motifs is 1. The second-order valence-electron chi connectivity index (χ2n) is 7.24. The first-order valence-corrected chi connectivity index (χ1v) is 9.36. The highest BCUT2D eigenvalue weighted by Gasteiger charge is 2.26. The monoisotopic (exact) mass is 347 g/mol. The molecule has 2 unspecified atom stereocenters. The number of hydrogen-bond donors (Lipinski definition) is 3. The van der Waals surface area contributed by atoms with Crippen LogP contribution in [0, 0.1) is 0 Å². The SMILES string of the molecule is CNC(=O)c1ccc2c(C3CCCC(N)C3)c(-c3ccccc3)[nH]c2c1. The molecule has 0 radical (unpaired) electrons. The maximum atomic E-state index is 12.0. The van der Waals surface area contributed by atoms with Gasteiger partial charge in [-0.25, -0.2) is 0 Å². The van der Waals surface area contributed by atoms with E-state index >= 15 is 0 Å². The molecule has 0 aliphatic heterocycles. The average molecular weight is 347 g/mol. The van der Waals surface area contributed by atoms with E-state index < -0.39 is 0 Å². The molecular weight excluding hydrogens is 322 g/mol. The van der Waals surface area contributed by atoms with E-state index in [4.69, 9.17) is 5.73 Å². The Morgan fingerprint density at radius 2 is 1.96 bits per heavy atom. The van der Waals surface area contributed by atoms with E-state index in [-0.39, 0.29) is 11.9 Å². The number of nitrogens with two attached hydrogens (primary N) is 1. The maximum absolute atomic E-state index is 12.0. The molecule has 1 saturated carbocycles. The van der Waals surface area contributed by atoms with Crippen molar-refractivity contribution < 1.29 is 4.79 Å². The van der Waals surface area contributed by atoms with Crippen molar-refractivity contribution in [2.24, 2.45) is 5.73 Å². The Morgan fingerprint density at radius 1 is 1.15 bits per heavy atom. The number of carbonyl (C=O) groups is 1. The Balaban J connectivity index is 1.89. The van der Waals surface area contributed by atoms with Gasteiger partial charge in [-0.2, -0.15) is 0 Å². The third-order valence-electron chi connectivity index (χ3n) is 5.51. The van der Waals surface area contributed by atoms with Gasteiger partial charge in [0.1, 0.15) is 0 Å². The largest absolute Gasteiger partial charge is 0.355 e. The van der Waals surface area contributed by atoms with Crippen LogP contribution in [0.1, 0.15) is 47.5 Å². The first-order chi connectivity index (χ1) is 12.7. The van der Waals surface area contributed by atoms with Crippen molar-refractivity contribution in [1.82, 2.24) is 10.3 Å². The Bertz CT molecular complexity index is 929. The summed E-state index contributed by atoms with van der Waals surface area (Å²) in [7, 11) is 1.66. The lowest BCUT2D eigenvalue weighted by molar-refractivity contribution is 0.0963. The molecule has 1 aliphatic carbocycles. The lowest BCUT2D eigenvalue weighted by atomic mass is 9.80. The predicted octanol–water partition coefficient (Wildman–Crippen LogP) is 4.18. The van der Waals surface area contributed by atoms with Crippen LogP contribution in [0.5, 0.6) is 0 Å². The van der Waals surface area contributed by atoms with Gasteiger partial charge in [0, 0.05) is 35.2 Å². The van der Waals surface area contributed by atoms with Crippen LogP contribution in [0.4, 0.5) is 0 Å². The van der Waals surface area contributed by atoms with Crippen LogP contribution in [0.3, 0.4) is 0 Å². The van der Waals surface area contributed by atoms with Gasteiger partial charge in [0.15, 0.2) is 0 Å². The number of nitrogens with one attached hydrogen (secondary N) is 2. The van der Waals surface area contributed by atoms with Gasteiger partial charge in [0.2, 0.25) is 0 Å². The van der Waals surface area contributed by atoms with E-state index in [1.165, 1.54) is 22.9 Å². The molecule has 0 saturated heterocycles. The van der Waals surface area contributed by atoms with Crippen LogP contribution in [0.2, 0.25) is 0 Å². The van der Waals surface area contributed by atoms with Crippen LogP contribution in [-0.4, -0.2) is 24.0 Å². The number of H-pyrrole nitrogens is 1. The Hall–Kier alpha value is -2.59. The molecule has 1 aromatic heterocycles. The van der Waals surface area contributed by atoms with Gasteiger partial charge in [-0.3, -0.25) is 4.79 Å². The highest BCUT2D eigenvalue weighted by atomic mass is 16.1. The van der Waals surface area contributed by atoms with Crippen LogP contribution >= 0.6 is 0 Å².